The van der Waals surface area contributed by atoms with Crippen molar-refractivity contribution in [3.05, 3.63) is 24.0 Å². The third kappa shape index (κ3) is 2.08. The normalized spacial score (nSPS) is 13.8. The van der Waals surface area contributed by atoms with Crippen LogP contribution in [0.2, 0.25) is 0 Å². The van der Waals surface area contributed by atoms with Crippen LogP contribution < -0.4 is 0 Å². The molecule has 3 nitrogen and oxygen atoms in total. The molecule has 0 aromatic carbocycles. The highest BCUT2D eigenvalue weighted by Gasteiger charge is 2.20. The van der Waals surface area contributed by atoms with E-state index in [0.29, 0.717) is 3.92 Å². The average Bonchev–Trinajstić information content (AvgIpc) is 2.93. The topological polar surface area (TPSA) is 41.0 Å². The predicted molar refractivity (Wildman–Crippen MR) is 92.4 cm³/mol. The van der Waals surface area contributed by atoms with Gasteiger partial charge in [-0.2, -0.15) is 0 Å². The Balaban J connectivity index is 2.40. The van der Waals surface area contributed by atoms with Crippen molar-refractivity contribution in [1.82, 2.24) is 9.97 Å². The molecule has 0 radical (unpaired) electrons. The summed E-state index contributed by atoms with van der Waals surface area (Å²) in [6, 6.07) is 2.08. The van der Waals surface area contributed by atoms with Crippen molar-refractivity contribution in [2.75, 3.05) is 0 Å². The number of aromatic amines is 1. The Morgan fingerprint density at radius 3 is 3.16 bits per heavy atom. The van der Waals surface area contributed by atoms with Crippen molar-refractivity contribution in [3.8, 4) is 0 Å². The third-order valence-corrected chi connectivity index (χ3v) is 5.77. The summed E-state index contributed by atoms with van der Waals surface area (Å²) in [4.78, 5) is 13.4. The zero-order valence-electron chi connectivity index (χ0n) is 10.8. The van der Waals surface area contributed by atoms with Crippen molar-refractivity contribution < 1.29 is 0 Å². The molecule has 0 saturated heterocycles. The zero-order valence-corrected chi connectivity index (χ0v) is 13.7. The second-order valence-corrected chi connectivity index (χ2v) is 6.88. The molecule has 19 heavy (non-hydrogen) atoms. The van der Waals surface area contributed by atoms with Crippen LogP contribution in [0.4, 0.5) is 5.82 Å². The summed E-state index contributed by atoms with van der Waals surface area (Å²) in [6.07, 6.45) is 6.75. The molecule has 0 aliphatic heterocycles. The van der Waals surface area contributed by atoms with Crippen molar-refractivity contribution in [2.45, 2.75) is 24.2 Å². The van der Waals surface area contributed by atoms with Crippen LogP contribution in [0.25, 0.3) is 20.3 Å². The van der Waals surface area contributed by atoms with E-state index in [4.69, 9.17) is 0 Å². The number of nitrogens with one attached hydrogen (secondary N) is 1. The fraction of sp³-hybridized carbons (Fsp3) is 0.286. The lowest BCUT2D eigenvalue weighted by Crippen LogP contribution is -1.86. The van der Waals surface area contributed by atoms with Crippen molar-refractivity contribution in [2.24, 2.45) is 4.99 Å². The smallest absolute Gasteiger partial charge is 0.135 e. The van der Waals surface area contributed by atoms with Crippen LogP contribution in [0.1, 0.15) is 29.8 Å². The second-order valence-electron chi connectivity index (χ2n) is 4.33. The molecule has 1 N–H and O–H groups in total. The Labute approximate surface area is 129 Å². The summed E-state index contributed by atoms with van der Waals surface area (Å²) in [5.41, 5.74) is 1.32. The van der Waals surface area contributed by atoms with Gasteiger partial charge in [0.25, 0.3) is 0 Å². The van der Waals surface area contributed by atoms with Crippen LogP contribution >= 0.6 is 33.9 Å². The van der Waals surface area contributed by atoms with Crippen LogP contribution in [-0.2, 0) is 0 Å². The summed E-state index contributed by atoms with van der Waals surface area (Å²) in [5, 5.41) is 2.54. The highest BCUT2D eigenvalue weighted by molar-refractivity contribution is 14.1. The summed E-state index contributed by atoms with van der Waals surface area (Å²) in [5.74, 6) is 0.996. The molecule has 1 atom stereocenters. The molecule has 3 aromatic heterocycles. The monoisotopic (exact) mass is 383 g/mol. The lowest BCUT2D eigenvalue weighted by atomic mass is 10.1. The number of hydrogen-bond acceptors (Lipinski definition) is 3. The molecule has 0 spiro atoms. The van der Waals surface area contributed by atoms with Crippen LogP contribution in [-0.4, -0.2) is 16.2 Å². The van der Waals surface area contributed by atoms with Crippen molar-refractivity contribution in [3.63, 3.8) is 0 Å². The number of halogens is 1. The summed E-state index contributed by atoms with van der Waals surface area (Å²) >= 11 is 4.28. The molecule has 0 fully saturated rings. The molecular formula is C14H14IN3S. The highest BCUT2D eigenvalue weighted by atomic mass is 127. The van der Waals surface area contributed by atoms with E-state index in [1.807, 2.05) is 25.5 Å². The van der Waals surface area contributed by atoms with Gasteiger partial charge >= 0.3 is 0 Å². The van der Waals surface area contributed by atoms with E-state index in [9.17, 15) is 0 Å². The van der Waals surface area contributed by atoms with E-state index in [0.717, 1.165) is 12.2 Å². The molecule has 3 aromatic rings. The van der Waals surface area contributed by atoms with Gasteiger partial charge in [0.1, 0.15) is 10.6 Å². The molecule has 0 bridgehead atoms. The Morgan fingerprint density at radius 2 is 2.42 bits per heavy atom. The quantitative estimate of drug-likeness (QED) is 0.368. The van der Waals surface area contributed by atoms with Crippen LogP contribution in [0.15, 0.2) is 23.5 Å². The van der Waals surface area contributed by atoms with Crippen LogP contribution in [0.5, 0.6) is 0 Å². The van der Waals surface area contributed by atoms with Gasteiger partial charge in [-0.05, 0) is 19.4 Å². The third-order valence-electron chi connectivity index (χ3n) is 3.18. The summed E-state index contributed by atoms with van der Waals surface area (Å²) < 4.78 is 1.74. The Kier molecular flexibility index (Phi) is 3.58. The van der Waals surface area contributed by atoms with Gasteiger partial charge in [-0.15, -0.1) is 11.3 Å². The lowest BCUT2D eigenvalue weighted by Gasteiger charge is -2.06. The maximum Gasteiger partial charge on any atom is 0.135 e. The molecule has 0 amide bonds. The number of aliphatic imine (C=N–C) groups is 1. The SMILES string of the molecule is C/C=N\c1[nH]c2sc3ccncc3c2c1C(I)CC. The molecule has 3 rings (SSSR count). The summed E-state index contributed by atoms with van der Waals surface area (Å²) in [6.45, 7) is 4.16. The number of hydrogen-bond donors (Lipinski definition) is 1. The molecule has 3 heterocycles. The van der Waals surface area contributed by atoms with Gasteiger partial charge in [0.2, 0.25) is 0 Å². The molecule has 0 aliphatic rings. The highest BCUT2D eigenvalue weighted by Crippen LogP contribution is 2.45. The summed E-state index contributed by atoms with van der Waals surface area (Å²) in [7, 11) is 0. The number of pyridine rings is 1. The van der Waals surface area contributed by atoms with Gasteiger partial charge < -0.3 is 4.98 Å². The number of nitrogens with zero attached hydrogens (tertiary/aromatic N) is 2. The number of rotatable bonds is 3. The second kappa shape index (κ2) is 5.20. The van der Waals surface area contributed by atoms with E-state index in [1.165, 1.54) is 25.9 Å². The Hall–Kier alpha value is -0.950. The van der Waals surface area contributed by atoms with E-state index >= 15 is 0 Å². The first-order valence-electron chi connectivity index (χ1n) is 6.27. The first-order valence-corrected chi connectivity index (χ1v) is 8.33. The van der Waals surface area contributed by atoms with E-state index < -0.39 is 0 Å². The van der Waals surface area contributed by atoms with Crippen molar-refractivity contribution in [1.29, 1.82) is 0 Å². The molecule has 5 heteroatoms. The fourth-order valence-electron chi connectivity index (χ4n) is 2.33. The van der Waals surface area contributed by atoms with Gasteiger partial charge in [-0.25, -0.2) is 4.99 Å². The Morgan fingerprint density at radius 1 is 1.58 bits per heavy atom. The average molecular weight is 383 g/mol. The molecular weight excluding hydrogens is 369 g/mol. The van der Waals surface area contributed by atoms with Gasteiger partial charge in [-0.1, -0.05) is 29.5 Å². The number of thiophene rings is 1. The van der Waals surface area contributed by atoms with Crippen LogP contribution in [0.3, 0.4) is 0 Å². The van der Waals surface area contributed by atoms with Gasteiger partial charge in [-0.3, -0.25) is 4.98 Å². The molecule has 0 saturated carbocycles. The maximum absolute atomic E-state index is 4.49. The number of fused-ring (bicyclic) bond motifs is 3. The fourth-order valence-corrected chi connectivity index (χ4v) is 4.02. The predicted octanol–water partition coefficient (Wildman–Crippen LogP) is 5.39. The van der Waals surface area contributed by atoms with Gasteiger partial charge in [0, 0.05) is 43.6 Å². The first-order chi connectivity index (χ1) is 9.26. The van der Waals surface area contributed by atoms with Gasteiger partial charge in [0.05, 0.1) is 0 Å². The maximum atomic E-state index is 4.49. The zero-order chi connectivity index (χ0) is 13.4. The number of aromatic nitrogens is 2. The minimum Gasteiger partial charge on any atom is -0.331 e. The lowest BCUT2D eigenvalue weighted by molar-refractivity contribution is 0.935. The van der Waals surface area contributed by atoms with E-state index in [-0.39, 0.29) is 0 Å². The molecule has 0 aliphatic carbocycles. The number of H-pyrrole nitrogens is 1. The Bertz CT molecular complexity index is 757. The minimum absolute atomic E-state index is 0.461. The molecule has 98 valence electrons. The van der Waals surface area contributed by atoms with Gasteiger partial charge in [0.15, 0.2) is 0 Å². The standard InChI is InChI=1S/C14H14IN3S/c1-3-9(15)12-11-8-7-16-6-5-10(8)19-14(11)18-13(12)17-4-2/h4-7,9,18H,3H2,1-2H3/b17-4-. The van der Waals surface area contributed by atoms with E-state index in [1.54, 1.807) is 11.3 Å². The molecule has 1 unspecified atom stereocenters. The first kappa shape index (κ1) is 13.1. The number of alkyl halides is 1. The largest absolute Gasteiger partial charge is 0.331 e. The minimum atomic E-state index is 0.461. The van der Waals surface area contributed by atoms with E-state index in [2.05, 4.69) is 50.5 Å². The van der Waals surface area contributed by atoms with Crippen LogP contribution in [0, 0.1) is 0 Å². The van der Waals surface area contributed by atoms with Crippen molar-refractivity contribution >= 4 is 66.3 Å².